The fraction of sp³-hybridized carbons (Fsp3) is 0.250. The second-order valence-corrected chi connectivity index (χ2v) is 11.2. The number of nitrogens with zero attached hydrogens (tertiary/aromatic N) is 1. The number of esters is 1. The van der Waals surface area contributed by atoms with Crippen molar-refractivity contribution in [1.82, 2.24) is 9.88 Å². The molecule has 2 aromatic heterocycles. The number of benzene rings is 2. The van der Waals surface area contributed by atoms with E-state index in [1.165, 1.54) is 38.0 Å². The molecule has 2 aliphatic rings. The van der Waals surface area contributed by atoms with Crippen molar-refractivity contribution < 1.29 is 28.3 Å². The summed E-state index contributed by atoms with van der Waals surface area (Å²) in [5.74, 6) is -1.10. The van der Waals surface area contributed by atoms with Crippen LogP contribution < -0.4 is 4.74 Å². The van der Waals surface area contributed by atoms with Crippen LogP contribution in [0.15, 0.2) is 107 Å². The highest BCUT2D eigenvalue weighted by Crippen LogP contribution is 2.42. The van der Waals surface area contributed by atoms with E-state index in [0.717, 1.165) is 42.3 Å². The molecule has 0 radical (unpaired) electrons. The molecule has 0 fully saturated rings. The van der Waals surface area contributed by atoms with Crippen molar-refractivity contribution in [3.8, 4) is 5.75 Å². The maximum Gasteiger partial charge on any atom is 0.339 e. The molecule has 2 aromatic carbocycles. The second kappa shape index (κ2) is 11.9. The van der Waals surface area contributed by atoms with Crippen LogP contribution in [0.4, 0.5) is 0 Å². The molecule has 0 amide bonds. The molecule has 0 bridgehead atoms. The number of carbonyl (C=O) groups excluding carboxylic acids is 3. The number of unbranched alkanes of at least 4 members (excludes halogenated alkanes) is 1. The molecule has 1 N–H and O–H groups in total. The molecular formula is C36H34N2O6. The Kier molecular flexibility index (Phi) is 7.82. The number of fused-ring (bicyclic) bond motifs is 2. The largest absolute Gasteiger partial charge is 0.497 e. The van der Waals surface area contributed by atoms with Gasteiger partial charge >= 0.3 is 5.97 Å². The summed E-state index contributed by atoms with van der Waals surface area (Å²) in [6.45, 7) is 4.12. The predicted octanol–water partition coefficient (Wildman–Crippen LogP) is 6.81. The number of aromatic nitrogens is 1. The summed E-state index contributed by atoms with van der Waals surface area (Å²) in [7, 11) is 1.53. The van der Waals surface area contributed by atoms with Gasteiger partial charge in [0.15, 0.2) is 0 Å². The highest BCUT2D eigenvalue weighted by atomic mass is 16.6. The monoisotopic (exact) mass is 590 g/mol. The van der Waals surface area contributed by atoms with E-state index in [9.17, 15) is 14.4 Å². The average molecular weight is 591 g/mol. The summed E-state index contributed by atoms with van der Waals surface area (Å²) >= 11 is 0. The van der Waals surface area contributed by atoms with Crippen molar-refractivity contribution in [1.29, 1.82) is 0 Å². The van der Waals surface area contributed by atoms with Crippen LogP contribution in [0.25, 0.3) is 16.5 Å². The molecule has 44 heavy (non-hydrogen) atoms. The lowest BCUT2D eigenvalue weighted by Gasteiger charge is -2.37. The van der Waals surface area contributed by atoms with Crippen molar-refractivity contribution in [3.63, 3.8) is 0 Å². The van der Waals surface area contributed by atoms with Gasteiger partial charge in [0.25, 0.3) is 0 Å². The third-order valence-corrected chi connectivity index (χ3v) is 8.34. The molecule has 4 aromatic rings. The summed E-state index contributed by atoms with van der Waals surface area (Å²) in [6, 6.07) is 17.8. The summed E-state index contributed by atoms with van der Waals surface area (Å²) in [5.41, 5.74) is 2.38. The van der Waals surface area contributed by atoms with E-state index >= 15 is 0 Å². The van der Waals surface area contributed by atoms with Gasteiger partial charge in [-0.2, -0.15) is 0 Å². The number of furan rings is 1. The van der Waals surface area contributed by atoms with E-state index in [2.05, 4.69) is 22.9 Å². The minimum absolute atomic E-state index is 0.196. The number of hydrogen-bond acceptors (Lipinski definition) is 7. The minimum atomic E-state index is -2.09. The van der Waals surface area contributed by atoms with Gasteiger partial charge in [-0.25, -0.2) is 4.79 Å². The number of aromatic amines is 1. The second-order valence-electron chi connectivity index (χ2n) is 11.2. The van der Waals surface area contributed by atoms with Crippen molar-refractivity contribution >= 4 is 34.0 Å². The van der Waals surface area contributed by atoms with Gasteiger partial charge in [0.05, 0.1) is 24.5 Å². The third-order valence-electron chi connectivity index (χ3n) is 8.34. The fourth-order valence-electron chi connectivity index (χ4n) is 5.84. The molecule has 6 rings (SSSR count). The molecule has 1 unspecified atom stereocenters. The van der Waals surface area contributed by atoms with Crippen LogP contribution in [-0.4, -0.2) is 46.7 Å². The average Bonchev–Trinajstić information content (AvgIpc) is 3.73. The quantitative estimate of drug-likeness (QED) is 0.160. The zero-order chi connectivity index (χ0) is 30.8. The number of H-pyrrole nitrogens is 1. The van der Waals surface area contributed by atoms with E-state index in [-0.39, 0.29) is 11.1 Å². The van der Waals surface area contributed by atoms with E-state index in [0.29, 0.717) is 29.2 Å². The highest BCUT2D eigenvalue weighted by Gasteiger charge is 2.54. The van der Waals surface area contributed by atoms with Gasteiger partial charge < -0.3 is 23.8 Å². The maximum absolute atomic E-state index is 14.2. The van der Waals surface area contributed by atoms with Crippen LogP contribution in [0.1, 0.15) is 54.8 Å². The van der Waals surface area contributed by atoms with E-state index in [1.807, 2.05) is 36.7 Å². The molecule has 3 heterocycles. The molecule has 1 aliphatic carbocycles. The number of hydrogen-bond donors (Lipinski definition) is 1. The molecule has 224 valence electrons. The first-order valence-corrected chi connectivity index (χ1v) is 14.8. The molecule has 0 spiro atoms. The smallest absolute Gasteiger partial charge is 0.339 e. The Labute approximate surface area is 255 Å². The Bertz CT molecular complexity index is 1820. The van der Waals surface area contributed by atoms with Crippen LogP contribution in [0, 0.1) is 0 Å². The number of para-hydroxylation sites is 1. The van der Waals surface area contributed by atoms with Crippen molar-refractivity contribution in [2.45, 2.75) is 45.1 Å². The van der Waals surface area contributed by atoms with Crippen LogP contribution in [-0.2, 0) is 20.7 Å². The van der Waals surface area contributed by atoms with Gasteiger partial charge in [0.1, 0.15) is 11.5 Å². The molecule has 8 heteroatoms. The molecule has 1 atom stereocenters. The Balaban J connectivity index is 1.40. The van der Waals surface area contributed by atoms with Crippen molar-refractivity contribution in [2.24, 2.45) is 0 Å². The van der Waals surface area contributed by atoms with Gasteiger partial charge in [-0.3, -0.25) is 9.59 Å². The van der Waals surface area contributed by atoms with Gasteiger partial charge in [-0.15, -0.1) is 0 Å². The number of carbonyl (C=O) groups is 3. The third kappa shape index (κ3) is 5.17. The van der Waals surface area contributed by atoms with Crippen LogP contribution in [0.3, 0.4) is 0 Å². The number of methoxy groups -OCH3 is 1. The summed E-state index contributed by atoms with van der Waals surface area (Å²) in [4.78, 5) is 47.1. The topological polar surface area (TPSA) is 102 Å². The summed E-state index contributed by atoms with van der Waals surface area (Å²) < 4.78 is 16.7. The zero-order valence-electron chi connectivity index (χ0n) is 25.0. The number of ketones is 2. The number of nitrogens with one attached hydrogen (secondary N) is 1. The number of ether oxygens (including phenoxy) is 2. The molecule has 8 nitrogen and oxygen atoms in total. The summed E-state index contributed by atoms with van der Waals surface area (Å²) in [6.07, 6.45) is 10.7. The molecule has 1 aliphatic heterocycles. The van der Waals surface area contributed by atoms with E-state index < -0.39 is 23.1 Å². The zero-order valence-corrected chi connectivity index (χ0v) is 25.0. The van der Waals surface area contributed by atoms with Gasteiger partial charge in [-0.05, 0) is 80.3 Å². The molecule has 0 saturated heterocycles. The van der Waals surface area contributed by atoms with Crippen LogP contribution in [0.2, 0.25) is 0 Å². The predicted molar refractivity (Wildman–Crippen MR) is 167 cm³/mol. The first kappa shape index (κ1) is 29.0. The highest BCUT2D eigenvalue weighted by molar-refractivity contribution is 6.40. The lowest BCUT2D eigenvalue weighted by Crippen LogP contribution is -2.52. The summed E-state index contributed by atoms with van der Waals surface area (Å²) in [5, 5.41) is 1.16. The first-order chi connectivity index (χ1) is 21.3. The van der Waals surface area contributed by atoms with E-state index in [1.54, 1.807) is 24.3 Å². The Morgan fingerprint density at radius 1 is 1.00 bits per heavy atom. The van der Waals surface area contributed by atoms with E-state index in [4.69, 9.17) is 13.9 Å². The Morgan fingerprint density at radius 2 is 1.80 bits per heavy atom. The fourth-order valence-corrected chi connectivity index (χ4v) is 5.84. The van der Waals surface area contributed by atoms with Crippen LogP contribution >= 0.6 is 0 Å². The SMILES string of the molecule is CCCCC1=CC2=C(c3ccco3)C(=O)C(C)(OC(=O)c3ccc(OC)cc3)C(=O)C2=CN1CCc1c[nH]c2ccccc12. The number of rotatable bonds is 10. The van der Waals surface area contributed by atoms with Gasteiger partial charge in [-0.1, -0.05) is 31.5 Å². The lowest BCUT2D eigenvalue weighted by molar-refractivity contribution is -0.144. The molecule has 0 saturated carbocycles. The standard InChI is InChI=1S/C36H34N2O6/c1-4-5-9-25-20-28-29(22-38(25)18-17-24-21-37-30-11-7-6-10-27(24)30)33(39)36(2,34(40)32(28)31-12-8-19-43-31)44-35(41)23-13-15-26(42-3)16-14-23/h6-8,10-16,19-22,37H,4-5,9,17-18H2,1-3H3. The van der Waals surface area contributed by atoms with Gasteiger partial charge in [0.2, 0.25) is 17.2 Å². The number of Topliss-reactive ketones (excluding diaryl/α,β-unsaturated/α-hetero) is 2. The Hall–Kier alpha value is -5.11. The van der Waals surface area contributed by atoms with Crippen LogP contribution in [0.5, 0.6) is 5.75 Å². The number of allylic oxidation sites excluding steroid dienone is 3. The first-order valence-electron chi connectivity index (χ1n) is 14.8. The molecular weight excluding hydrogens is 556 g/mol. The minimum Gasteiger partial charge on any atom is -0.497 e. The maximum atomic E-state index is 14.2. The Morgan fingerprint density at radius 3 is 2.52 bits per heavy atom. The van der Waals surface area contributed by atoms with Crippen molar-refractivity contribution in [2.75, 3.05) is 13.7 Å². The van der Waals surface area contributed by atoms with Gasteiger partial charge in [0, 0.05) is 46.7 Å². The van der Waals surface area contributed by atoms with Crippen molar-refractivity contribution in [3.05, 3.63) is 119 Å². The normalized spacial score (nSPS) is 18.3. The lowest BCUT2D eigenvalue weighted by atomic mass is 9.74.